The fourth-order valence-corrected chi connectivity index (χ4v) is 1.81. The van der Waals surface area contributed by atoms with Crippen molar-refractivity contribution in [3.05, 3.63) is 41.3 Å². The molecule has 0 atom stereocenters. The van der Waals surface area contributed by atoms with Gasteiger partial charge in [-0.3, -0.25) is 4.98 Å². The molecule has 18 heavy (non-hydrogen) atoms. The Labute approximate surface area is 111 Å². The molecule has 0 saturated heterocycles. The summed E-state index contributed by atoms with van der Waals surface area (Å²) in [5.74, 6) is 0.860. The van der Waals surface area contributed by atoms with E-state index < -0.39 is 0 Å². The zero-order valence-corrected chi connectivity index (χ0v) is 10.8. The molecule has 2 rings (SSSR count). The van der Waals surface area contributed by atoms with Gasteiger partial charge in [-0.25, -0.2) is 4.98 Å². The number of nitrogens with two attached hydrogens (primary N) is 1. The van der Waals surface area contributed by atoms with Crippen molar-refractivity contribution >= 4 is 23.4 Å². The minimum absolute atomic E-state index is 0.221. The van der Waals surface area contributed by atoms with E-state index in [1.807, 2.05) is 30.1 Å². The fourth-order valence-electron chi connectivity index (χ4n) is 1.57. The van der Waals surface area contributed by atoms with Gasteiger partial charge in [0.25, 0.3) is 0 Å². The minimum Gasteiger partial charge on any atom is -0.368 e. The molecule has 0 unspecified atom stereocenters. The van der Waals surface area contributed by atoms with Crippen LogP contribution < -0.4 is 10.6 Å². The van der Waals surface area contributed by atoms with Crippen LogP contribution in [0.2, 0.25) is 5.02 Å². The molecule has 94 valence electrons. The summed E-state index contributed by atoms with van der Waals surface area (Å²) in [6.07, 6.45) is 4.11. The lowest BCUT2D eigenvalue weighted by atomic mass is 10.2. The summed E-state index contributed by atoms with van der Waals surface area (Å²) in [6, 6.07) is 5.86. The number of aromatic nitrogens is 3. The largest absolute Gasteiger partial charge is 0.368 e. The molecule has 2 aromatic rings. The molecule has 6 heteroatoms. The first-order valence-electron chi connectivity index (χ1n) is 5.56. The van der Waals surface area contributed by atoms with Crippen molar-refractivity contribution in [2.45, 2.75) is 6.42 Å². The van der Waals surface area contributed by atoms with Gasteiger partial charge in [-0.1, -0.05) is 17.7 Å². The zero-order chi connectivity index (χ0) is 13.0. The average Bonchev–Trinajstić information content (AvgIpc) is 2.40. The van der Waals surface area contributed by atoms with E-state index in [2.05, 4.69) is 15.0 Å². The molecule has 0 aliphatic rings. The molecule has 0 spiro atoms. The minimum atomic E-state index is 0.221. The second-order valence-corrected chi connectivity index (χ2v) is 4.30. The first kappa shape index (κ1) is 12.6. The molecule has 2 N–H and O–H groups in total. The van der Waals surface area contributed by atoms with Crippen LogP contribution in [-0.4, -0.2) is 28.5 Å². The van der Waals surface area contributed by atoms with Crippen molar-refractivity contribution in [3.8, 4) is 0 Å². The number of rotatable bonds is 4. The Bertz CT molecular complexity index is 517. The second kappa shape index (κ2) is 5.64. The van der Waals surface area contributed by atoms with Gasteiger partial charge in [-0.05, 0) is 12.1 Å². The molecule has 0 aromatic carbocycles. The fraction of sp³-hybridized carbons (Fsp3) is 0.250. The van der Waals surface area contributed by atoms with Crippen molar-refractivity contribution in [3.63, 3.8) is 0 Å². The Balaban J connectivity index is 2.03. The first-order valence-corrected chi connectivity index (χ1v) is 5.93. The number of nitrogens with zero attached hydrogens (tertiary/aromatic N) is 4. The molecule has 0 amide bonds. The molecule has 5 nitrogen and oxygen atoms in total. The molecular weight excluding hydrogens is 250 g/mol. The van der Waals surface area contributed by atoms with Crippen molar-refractivity contribution < 1.29 is 0 Å². The quantitative estimate of drug-likeness (QED) is 0.911. The standard InChI is InChI=1S/C12H14ClN5/c1-18(7-5-9-4-2-3-6-15-9)11-10(13)8-16-12(14)17-11/h2-4,6,8H,5,7H2,1H3,(H2,14,16,17). The van der Waals surface area contributed by atoms with Crippen LogP contribution in [0, 0.1) is 0 Å². The molecule has 0 fully saturated rings. The van der Waals surface area contributed by atoms with E-state index >= 15 is 0 Å². The number of likely N-dealkylation sites (N-methyl/N-ethyl adjacent to an activating group) is 1. The van der Waals surface area contributed by atoms with Gasteiger partial charge in [0.05, 0.1) is 6.20 Å². The average molecular weight is 264 g/mol. The lowest BCUT2D eigenvalue weighted by molar-refractivity contribution is 0.837. The molecule has 0 aliphatic carbocycles. The van der Waals surface area contributed by atoms with E-state index in [0.717, 1.165) is 18.7 Å². The number of anilines is 2. The highest BCUT2D eigenvalue weighted by molar-refractivity contribution is 6.32. The van der Waals surface area contributed by atoms with Crippen LogP contribution in [0.5, 0.6) is 0 Å². The third-order valence-corrected chi connectivity index (χ3v) is 2.80. The molecule has 2 heterocycles. The third-order valence-electron chi connectivity index (χ3n) is 2.54. The van der Waals surface area contributed by atoms with Crippen molar-refractivity contribution in [2.75, 3.05) is 24.2 Å². The molecule has 0 radical (unpaired) electrons. The maximum atomic E-state index is 6.03. The van der Waals surface area contributed by atoms with Gasteiger partial charge in [0.2, 0.25) is 5.95 Å². The Morgan fingerprint density at radius 1 is 1.33 bits per heavy atom. The van der Waals surface area contributed by atoms with Crippen molar-refractivity contribution in [1.29, 1.82) is 0 Å². The Morgan fingerprint density at radius 3 is 2.89 bits per heavy atom. The summed E-state index contributed by atoms with van der Waals surface area (Å²) < 4.78 is 0. The summed E-state index contributed by atoms with van der Waals surface area (Å²) in [6.45, 7) is 0.757. The summed E-state index contributed by atoms with van der Waals surface area (Å²) in [5.41, 5.74) is 6.58. The summed E-state index contributed by atoms with van der Waals surface area (Å²) in [4.78, 5) is 14.2. The highest BCUT2D eigenvalue weighted by Gasteiger charge is 2.09. The monoisotopic (exact) mass is 263 g/mol. The van der Waals surface area contributed by atoms with Crippen molar-refractivity contribution in [1.82, 2.24) is 15.0 Å². The van der Waals surface area contributed by atoms with Crippen LogP contribution in [0.15, 0.2) is 30.6 Å². The highest BCUT2D eigenvalue weighted by Crippen LogP contribution is 2.21. The summed E-state index contributed by atoms with van der Waals surface area (Å²) in [5, 5.41) is 0.493. The highest BCUT2D eigenvalue weighted by atomic mass is 35.5. The van der Waals surface area contributed by atoms with Gasteiger partial charge < -0.3 is 10.6 Å². The number of halogens is 1. The topological polar surface area (TPSA) is 67.9 Å². The maximum Gasteiger partial charge on any atom is 0.222 e. The van der Waals surface area contributed by atoms with E-state index in [0.29, 0.717) is 10.8 Å². The van der Waals surface area contributed by atoms with Gasteiger partial charge in [-0.2, -0.15) is 4.98 Å². The molecule has 2 aromatic heterocycles. The molecule has 0 saturated carbocycles. The van der Waals surface area contributed by atoms with Crippen LogP contribution in [-0.2, 0) is 6.42 Å². The third kappa shape index (κ3) is 3.07. The Morgan fingerprint density at radius 2 is 2.17 bits per heavy atom. The van der Waals surface area contributed by atoms with E-state index in [4.69, 9.17) is 17.3 Å². The SMILES string of the molecule is CN(CCc1ccccn1)c1nc(N)ncc1Cl. The smallest absolute Gasteiger partial charge is 0.222 e. The van der Waals surface area contributed by atoms with E-state index in [1.54, 1.807) is 6.20 Å². The maximum absolute atomic E-state index is 6.03. The Hall–Kier alpha value is -1.88. The van der Waals surface area contributed by atoms with Crippen LogP contribution in [0.3, 0.4) is 0 Å². The number of hydrogen-bond donors (Lipinski definition) is 1. The van der Waals surface area contributed by atoms with Gasteiger partial charge in [-0.15, -0.1) is 0 Å². The van der Waals surface area contributed by atoms with Crippen LogP contribution in [0.4, 0.5) is 11.8 Å². The van der Waals surface area contributed by atoms with Crippen molar-refractivity contribution in [2.24, 2.45) is 0 Å². The number of hydrogen-bond acceptors (Lipinski definition) is 5. The van der Waals surface area contributed by atoms with Crippen LogP contribution in [0.25, 0.3) is 0 Å². The van der Waals surface area contributed by atoms with E-state index in [1.165, 1.54) is 6.20 Å². The van der Waals surface area contributed by atoms with E-state index in [9.17, 15) is 0 Å². The van der Waals surface area contributed by atoms with Crippen LogP contribution >= 0.6 is 11.6 Å². The first-order chi connectivity index (χ1) is 8.66. The summed E-state index contributed by atoms with van der Waals surface area (Å²) in [7, 11) is 1.91. The van der Waals surface area contributed by atoms with Gasteiger partial charge in [0.15, 0.2) is 5.82 Å². The second-order valence-electron chi connectivity index (χ2n) is 3.89. The van der Waals surface area contributed by atoms with Gasteiger partial charge in [0, 0.05) is 31.9 Å². The summed E-state index contributed by atoms with van der Waals surface area (Å²) >= 11 is 6.03. The van der Waals surface area contributed by atoms with Gasteiger partial charge >= 0.3 is 0 Å². The van der Waals surface area contributed by atoms with Gasteiger partial charge in [0.1, 0.15) is 5.02 Å². The number of nitrogen functional groups attached to an aromatic ring is 1. The number of pyridine rings is 1. The molecule has 0 aliphatic heterocycles. The molecule has 0 bridgehead atoms. The lowest BCUT2D eigenvalue weighted by Crippen LogP contribution is -2.22. The molecular formula is C12H14ClN5. The van der Waals surface area contributed by atoms with Crippen LogP contribution in [0.1, 0.15) is 5.69 Å². The normalized spacial score (nSPS) is 10.3. The predicted octanol–water partition coefficient (Wildman–Crippen LogP) is 1.79. The van der Waals surface area contributed by atoms with E-state index in [-0.39, 0.29) is 5.95 Å². The Kier molecular flexibility index (Phi) is 3.94. The predicted molar refractivity (Wildman–Crippen MR) is 72.7 cm³/mol. The zero-order valence-electron chi connectivity index (χ0n) is 10.0. The lowest BCUT2D eigenvalue weighted by Gasteiger charge is -2.18.